The van der Waals surface area contributed by atoms with E-state index in [-0.39, 0.29) is 0 Å². The van der Waals surface area contributed by atoms with E-state index in [4.69, 9.17) is 0 Å². The van der Waals surface area contributed by atoms with E-state index >= 15 is 0 Å². The molecular weight excluding hydrogens is 174 g/mol. The van der Waals surface area contributed by atoms with Gasteiger partial charge in [0.15, 0.2) is 0 Å². The quantitative estimate of drug-likeness (QED) is 0.798. The first kappa shape index (κ1) is 11.0. The summed E-state index contributed by atoms with van der Waals surface area (Å²) in [7, 11) is 0. The minimum Gasteiger partial charge on any atom is -0.354 e. The predicted molar refractivity (Wildman–Crippen MR) is 59.5 cm³/mol. The molecule has 14 heavy (non-hydrogen) atoms. The molecule has 1 aromatic rings. The number of aromatic nitrogens is 2. The standard InChI is InChI=1S/C11H19N3/c1-5-8(2)7-12-11-13-9(3)6-10(4)14-11/h6,8H,5,7H2,1-4H3,(H,12,13,14). The van der Waals surface area contributed by atoms with Crippen molar-refractivity contribution in [1.82, 2.24) is 9.97 Å². The Hall–Kier alpha value is -1.12. The molecule has 1 N–H and O–H groups in total. The van der Waals surface area contributed by atoms with Crippen LogP contribution in [0.15, 0.2) is 6.07 Å². The second-order valence-corrected chi connectivity index (χ2v) is 3.87. The van der Waals surface area contributed by atoms with Gasteiger partial charge in [0.05, 0.1) is 0 Å². The minimum atomic E-state index is 0.666. The summed E-state index contributed by atoms with van der Waals surface area (Å²) in [5, 5.41) is 3.25. The first-order valence-corrected chi connectivity index (χ1v) is 5.18. The number of hydrogen-bond acceptors (Lipinski definition) is 3. The third-order valence-electron chi connectivity index (χ3n) is 2.29. The van der Waals surface area contributed by atoms with Gasteiger partial charge in [-0.3, -0.25) is 0 Å². The molecule has 0 aromatic carbocycles. The van der Waals surface area contributed by atoms with Crippen LogP contribution in [0.2, 0.25) is 0 Å². The van der Waals surface area contributed by atoms with Gasteiger partial charge in [-0.2, -0.15) is 0 Å². The van der Waals surface area contributed by atoms with Crippen LogP contribution < -0.4 is 5.32 Å². The van der Waals surface area contributed by atoms with Crippen molar-refractivity contribution < 1.29 is 0 Å². The van der Waals surface area contributed by atoms with Gasteiger partial charge >= 0.3 is 0 Å². The Morgan fingerprint density at radius 3 is 2.36 bits per heavy atom. The van der Waals surface area contributed by atoms with E-state index in [2.05, 4.69) is 29.1 Å². The van der Waals surface area contributed by atoms with Crippen LogP contribution in [0.3, 0.4) is 0 Å². The van der Waals surface area contributed by atoms with Crippen molar-refractivity contribution in [1.29, 1.82) is 0 Å². The highest BCUT2D eigenvalue weighted by atomic mass is 15.1. The van der Waals surface area contributed by atoms with Crippen molar-refractivity contribution in [2.24, 2.45) is 5.92 Å². The lowest BCUT2D eigenvalue weighted by Gasteiger charge is -2.10. The highest BCUT2D eigenvalue weighted by molar-refractivity contribution is 5.27. The molecule has 3 nitrogen and oxygen atoms in total. The summed E-state index contributed by atoms with van der Waals surface area (Å²) in [6.07, 6.45) is 1.18. The summed E-state index contributed by atoms with van der Waals surface area (Å²) >= 11 is 0. The smallest absolute Gasteiger partial charge is 0.223 e. The molecule has 78 valence electrons. The second kappa shape index (κ2) is 4.94. The van der Waals surface area contributed by atoms with Crippen molar-refractivity contribution in [3.05, 3.63) is 17.5 Å². The lowest BCUT2D eigenvalue weighted by atomic mass is 10.1. The van der Waals surface area contributed by atoms with Gasteiger partial charge in [-0.1, -0.05) is 20.3 Å². The molecule has 1 atom stereocenters. The Bertz CT molecular complexity index is 276. The normalized spacial score (nSPS) is 12.6. The van der Waals surface area contributed by atoms with Gasteiger partial charge in [0.1, 0.15) is 0 Å². The molecule has 0 saturated carbocycles. The minimum absolute atomic E-state index is 0.666. The zero-order valence-corrected chi connectivity index (χ0v) is 9.46. The summed E-state index contributed by atoms with van der Waals surface area (Å²) in [6, 6.07) is 1.98. The number of hydrogen-bond donors (Lipinski definition) is 1. The van der Waals surface area contributed by atoms with Gasteiger partial charge < -0.3 is 5.32 Å². The molecule has 1 aromatic heterocycles. The maximum atomic E-state index is 4.32. The average molecular weight is 193 g/mol. The summed E-state index contributed by atoms with van der Waals surface area (Å²) in [4.78, 5) is 8.64. The van der Waals surface area contributed by atoms with E-state index in [0.717, 1.165) is 23.9 Å². The summed E-state index contributed by atoms with van der Waals surface area (Å²) < 4.78 is 0. The van der Waals surface area contributed by atoms with Gasteiger partial charge in [-0.25, -0.2) is 9.97 Å². The molecule has 3 heteroatoms. The Morgan fingerprint density at radius 2 is 1.86 bits per heavy atom. The molecule has 0 spiro atoms. The summed E-state index contributed by atoms with van der Waals surface area (Å²) in [6.45, 7) is 9.33. The van der Waals surface area contributed by atoms with E-state index in [1.165, 1.54) is 6.42 Å². The molecule has 0 aliphatic heterocycles. The zero-order valence-electron chi connectivity index (χ0n) is 9.46. The number of nitrogens with zero attached hydrogens (tertiary/aromatic N) is 2. The Balaban J connectivity index is 2.58. The van der Waals surface area contributed by atoms with Crippen LogP contribution in [-0.2, 0) is 0 Å². The Labute approximate surface area is 86.0 Å². The lowest BCUT2D eigenvalue weighted by molar-refractivity contribution is 0.591. The molecule has 1 heterocycles. The first-order valence-electron chi connectivity index (χ1n) is 5.18. The summed E-state index contributed by atoms with van der Waals surface area (Å²) in [5.41, 5.74) is 2.04. The fourth-order valence-corrected chi connectivity index (χ4v) is 1.21. The van der Waals surface area contributed by atoms with Crippen LogP contribution in [-0.4, -0.2) is 16.5 Å². The van der Waals surface area contributed by atoms with Crippen molar-refractivity contribution in [2.75, 3.05) is 11.9 Å². The van der Waals surface area contributed by atoms with Crippen LogP contribution >= 0.6 is 0 Å². The topological polar surface area (TPSA) is 37.8 Å². The van der Waals surface area contributed by atoms with Crippen molar-refractivity contribution >= 4 is 5.95 Å². The largest absolute Gasteiger partial charge is 0.354 e. The molecule has 1 rings (SSSR count). The van der Waals surface area contributed by atoms with E-state index < -0.39 is 0 Å². The van der Waals surface area contributed by atoms with Crippen LogP contribution in [0.4, 0.5) is 5.95 Å². The third-order valence-corrected chi connectivity index (χ3v) is 2.29. The van der Waals surface area contributed by atoms with E-state index in [1.807, 2.05) is 19.9 Å². The van der Waals surface area contributed by atoms with E-state index in [0.29, 0.717) is 5.92 Å². The second-order valence-electron chi connectivity index (χ2n) is 3.87. The maximum Gasteiger partial charge on any atom is 0.223 e. The van der Waals surface area contributed by atoms with Gasteiger partial charge in [-0.05, 0) is 25.8 Å². The average Bonchev–Trinajstić information content (AvgIpc) is 2.12. The first-order chi connectivity index (χ1) is 6.61. The van der Waals surface area contributed by atoms with Crippen LogP contribution in [0.5, 0.6) is 0 Å². The zero-order chi connectivity index (χ0) is 10.6. The number of nitrogens with one attached hydrogen (secondary N) is 1. The lowest BCUT2D eigenvalue weighted by Crippen LogP contribution is -2.13. The van der Waals surface area contributed by atoms with Crippen LogP contribution in [0.25, 0.3) is 0 Å². The van der Waals surface area contributed by atoms with Gasteiger partial charge in [0.2, 0.25) is 5.95 Å². The SMILES string of the molecule is CCC(C)CNc1nc(C)cc(C)n1. The van der Waals surface area contributed by atoms with Gasteiger partial charge in [-0.15, -0.1) is 0 Å². The molecule has 0 saturated heterocycles. The van der Waals surface area contributed by atoms with Crippen molar-refractivity contribution in [2.45, 2.75) is 34.1 Å². The van der Waals surface area contributed by atoms with Gasteiger partial charge in [0.25, 0.3) is 0 Å². The molecule has 1 unspecified atom stereocenters. The Morgan fingerprint density at radius 1 is 1.29 bits per heavy atom. The molecule has 0 amide bonds. The molecular formula is C11H19N3. The molecule has 0 aliphatic carbocycles. The monoisotopic (exact) mass is 193 g/mol. The molecule has 0 bridgehead atoms. The molecule has 0 radical (unpaired) electrons. The van der Waals surface area contributed by atoms with E-state index in [1.54, 1.807) is 0 Å². The van der Waals surface area contributed by atoms with Gasteiger partial charge in [0, 0.05) is 17.9 Å². The predicted octanol–water partition coefficient (Wildman–Crippen LogP) is 2.55. The third kappa shape index (κ3) is 3.32. The summed E-state index contributed by atoms with van der Waals surface area (Å²) in [5.74, 6) is 1.42. The number of rotatable bonds is 4. The fourth-order valence-electron chi connectivity index (χ4n) is 1.21. The Kier molecular flexibility index (Phi) is 3.86. The highest BCUT2D eigenvalue weighted by Gasteiger charge is 2.01. The van der Waals surface area contributed by atoms with Crippen LogP contribution in [0, 0.1) is 19.8 Å². The van der Waals surface area contributed by atoms with E-state index in [9.17, 15) is 0 Å². The van der Waals surface area contributed by atoms with Crippen molar-refractivity contribution in [3.8, 4) is 0 Å². The molecule has 0 aliphatic rings. The van der Waals surface area contributed by atoms with Crippen LogP contribution in [0.1, 0.15) is 31.7 Å². The molecule has 0 fully saturated rings. The fraction of sp³-hybridized carbons (Fsp3) is 0.636. The highest BCUT2D eigenvalue weighted by Crippen LogP contribution is 2.06. The number of anilines is 1. The maximum absolute atomic E-state index is 4.32. The number of aryl methyl sites for hydroxylation is 2. The van der Waals surface area contributed by atoms with Crippen molar-refractivity contribution in [3.63, 3.8) is 0 Å².